The van der Waals surface area contributed by atoms with E-state index in [0.29, 0.717) is 0 Å². The van der Waals surface area contributed by atoms with Crippen molar-refractivity contribution in [2.75, 3.05) is 13.2 Å². The fourth-order valence-corrected chi connectivity index (χ4v) is 1.82. The lowest BCUT2D eigenvalue weighted by Gasteiger charge is -2.14. The fraction of sp³-hybridized carbons (Fsp3) is 1.00. The number of halogens is 3. The van der Waals surface area contributed by atoms with E-state index in [1.54, 1.807) is 0 Å². The molecular formula is C6H13F3N2O3S. The van der Waals surface area contributed by atoms with Gasteiger partial charge in [0, 0.05) is 12.6 Å². The Morgan fingerprint density at radius 1 is 1.40 bits per heavy atom. The van der Waals surface area contributed by atoms with Crippen molar-refractivity contribution < 1.29 is 26.7 Å². The molecule has 0 fully saturated rings. The smallest absolute Gasteiger partial charge is 0.396 e. The molecule has 0 amide bonds. The number of hydrogen-bond acceptors (Lipinski definition) is 3. The second-order valence-corrected chi connectivity index (χ2v) is 4.50. The summed E-state index contributed by atoms with van der Waals surface area (Å²) in [5, 5.41) is 8.46. The van der Waals surface area contributed by atoms with E-state index in [0.717, 1.165) is 0 Å². The highest BCUT2D eigenvalue weighted by Crippen LogP contribution is 2.12. The third kappa shape index (κ3) is 8.60. The van der Waals surface area contributed by atoms with Crippen LogP contribution in [0.15, 0.2) is 0 Å². The number of nitrogens with one attached hydrogen (secondary N) is 2. The van der Waals surface area contributed by atoms with Crippen molar-refractivity contribution in [1.29, 1.82) is 0 Å². The van der Waals surface area contributed by atoms with E-state index in [-0.39, 0.29) is 13.0 Å². The van der Waals surface area contributed by atoms with Crippen LogP contribution >= 0.6 is 0 Å². The van der Waals surface area contributed by atoms with E-state index in [1.165, 1.54) is 11.6 Å². The minimum Gasteiger partial charge on any atom is -0.396 e. The van der Waals surface area contributed by atoms with E-state index < -0.39 is 29.0 Å². The molecule has 0 radical (unpaired) electrons. The quantitative estimate of drug-likeness (QED) is 0.608. The molecule has 0 aliphatic heterocycles. The maximum atomic E-state index is 11.7. The Kier molecular flexibility index (Phi) is 5.49. The Balaban J connectivity index is 4.09. The molecule has 0 spiro atoms. The van der Waals surface area contributed by atoms with Gasteiger partial charge in [-0.05, 0) is 13.3 Å². The van der Waals surface area contributed by atoms with Crippen LogP contribution in [0.25, 0.3) is 0 Å². The van der Waals surface area contributed by atoms with Crippen molar-refractivity contribution in [1.82, 2.24) is 9.44 Å². The Labute approximate surface area is 85.9 Å². The van der Waals surface area contributed by atoms with Gasteiger partial charge in [-0.1, -0.05) is 0 Å². The monoisotopic (exact) mass is 250 g/mol. The summed E-state index contributed by atoms with van der Waals surface area (Å²) in [6.45, 7) is -0.430. The molecule has 9 heteroatoms. The Hall–Kier alpha value is -0.380. The third-order valence-electron chi connectivity index (χ3n) is 1.38. The number of aliphatic hydroxyl groups excluding tert-OH is 1. The predicted octanol–water partition coefficient (Wildman–Crippen LogP) is -0.256. The maximum Gasteiger partial charge on any atom is 0.402 e. The van der Waals surface area contributed by atoms with Gasteiger partial charge in [0.1, 0.15) is 6.54 Å². The molecule has 5 nitrogen and oxygen atoms in total. The second kappa shape index (κ2) is 5.64. The number of aliphatic hydroxyl groups is 1. The Morgan fingerprint density at radius 2 is 1.93 bits per heavy atom. The number of alkyl halides is 3. The van der Waals surface area contributed by atoms with Crippen molar-refractivity contribution >= 4 is 10.2 Å². The summed E-state index contributed by atoms with van der Waals surface area (Å²) in [5.41, 5.74) is 0. The molecule has 3 N–H and O–H groups in total. The van der Waals surface area contributed by atoms with Crippen LogP contribution in [0.4, 0.5) is 13.2 Å². The van der Waals surface area contributed by atoms with E-state index in [9.17, 15) is 21.6 Å². The molecule has 0 rings (SSSR count). The molecule has 0 saturated heterocycles. The van der Waals surface area contributed by atoms with Crippen LogP contribution in [0.3, 0.4) is 0 Å². The minimum absolute atomic E-state index is 0.132. The minimum atomic E-state index is -4.59. The summed E-state index contributed by atoms with van der Waals surface area (Å²) in [5.74, 6) is 0. The molecule has 92 valence electrons. The van der Waals surface area contributed by atoms with Gasteiger partial charge in [-0.3, -0.25) is 0 Å². The molecule has 1 atom stereocenters. The van der Waals surface area contributed by atoms with Gasteiger partial charge in [0.2, 0.25) is 0 Å². The first-order valence-electron chi connectivity index (χ1n) is 4.11. The average molecular weight is 250 g/mol. The van der Waals surface area contributed by atoms with Gasteiger partial charge in [-0.2, -0.15) is 31.0 Å². The van der Waals surface area contributed by atoms with Crippen LogP contribution in [-0.2, 0) is 10.2 Å². The molecule has 15 heavy (non-hydrogen) atoms. The van der Waals surface area contributed by atoms with Gasteiger partial charge in [-0.25, -0.2) is 0 Å². The maximum absolute atomic E-state index is 11.7. The van der Waals surface area contributed by atoms with Crippen molar-refractivity contribution in [2.24, 2.45) is 0 Å². The first-order chi connectivity index (χ1) is 6.66. The zero-order chi connectivity index (χ0) is 12.1. The lowest BCUT2D eigenvalue weighted by Crippen LogP contribution is -2.45. The van der Waals surface area contributed by atoms with Gasteiger partial charge in [0.25, 0.3) is 10.2 Å². The molecule has 0 aromatic heterocycles. The standard InChI is InChI=1S/C6H13F3N2O3S/c1-5(2-3-12)11-15(13,14)10-4-6(7,8)9/h5,10-12H,2-4H2,1H3. The molecule has 0 bridgehead atoms. The number of rotatable bonds is 6. The molecule has 0 aromatic rings. The molecule has 0 aromatic carbocycles. The first-order valence-corrected chi connectivity index (χ1v) is 5.59. The molecular weight excluding hydrogens is 237 g/mol. The summed E-state index contributed by atoms with van der Waals surface area (Å²) in [6, 6.07) is -0.624. The van der Waals surface area contributed by atoms with Crippen molar-refractivity contribution in [3.8, 4) is 0 Å². The molecule has 0 heterocycles. The largest absolute Gasteiger partial charge is 0.402 e. The first kappa shape index (κ1) is 14.6. The third-order valence-corrected chi connectivity index (χ3v) is 2.62. The number of hydrogen-bond donors (Lipinski definition) is 3. The summed E-state index contributed by atoms with van der Waals surface area (Å²) >= 11 is 0. The summed E-state index contributed by atoms with van der Waals surface area (Å²) in [4.78, 5) is 0. The lowest BCUT2D eigenvalue weighted by atomic mass is 10.3. The van der Waals surface area contributed by atoms with Crippen LogP contribution in [0.5, 0.6) is 0 Å². The Morgan fingerprint density at radius 3 is 2.33 bits per heavy atom. The average Bonchev–Trinajstić information content (AvgIpc) is 1.99. The van der Waals surface area contributed by atoms with Crippen LogP contribution in [0, 0.1) is 0 Å². The highest BCUT2D eigenvalue weighted by atomic mass is 32.2. The van der Waals surface area contributed by atoms with Gasteiger partial charge < -0.3 is 5.11 Å². The van der Waals surface area contributed by atoms with E-state index in [1.807, 2.05) is 4.72 Å². The zero-order valence-corrected chi connectivity index (χ0v) is 8.82. The van der Waals surface area contributed by atoms with Crippen molar-refractivity contribution in [3.63, 3.8) is 0 Å². The van der Waals surface area contributed by atoms with Gasteiger partial charge >= 0.3 is 6.18 Å². The van der Waals surface area contributed by atoms with Gasteiger partial charge in [-0.15, -0.1) is 0 Å². The summed E-state index contributed by atoms with van der Waals surface area (Å²) in [6.07, 6.45) is -4.46. The summed E-state index contributed by atoms with van der Waals surface area (Å²) in [7, 11) is -4.17. The lowest BCUT2D eigenvalue weighted by molar-refractivity contribution is -0.121. The highest BCUT2D eigenvalue weighted by Gasteiger charge is 2.29. The molecule has 0 aliphatic rings. The van der Waals surface area contributed by atoms with E-state index >= 15 is 0 Å². The van der Waals surface area contributed by atoms with Crippen molar-refractivity contribution in [2.45, 2.75) is 25.6 Å². The topological polar surface area (TPSA) is 78.4 Å². The predicted molar refractivity (Wildman–Crippen MR) is 47.3 cm³/mol. The van der Waals surface area contributed by atoms with Crippen molar-refractivity contribution in [3.05, 3.63) is 0 Å². The Bertz CT molecular complexity index is 278. The molecule has 0 aliphatic carbocycles. The molecule has 1 unspecified atom stereocenters. The summed E-state index contributed by atoms with van der Waals surface area (Å²) < 4.78 is 60.2. The zero-order valence-electron chi connectivity index (χ0n) is 8.00. The second-order valence-electron chi connectivity index (χ2n) is 2.97. The molecule has 0 saturated carbocycles. The van der Waals surface area contributed by atoms with Gasteiger partial charge in [0.15, 0.2) is 0 Å². The van der Waals surface area contributed by atoms with E-state index in [4.69, 9.17) is 5.11 Å². The highest BCUT2D eigenvalue weighted by molar-refractivity contribution is 7.87. The van der Waals surface area contributed by atoms with Crippen LogP contribution in [0.2, 0.25) is 0 Å². The van der Waals surface area contributed by atoms with Crippen LogP contribution in [-0.4, -0.2) is 38.9 Å². The SMILES string of the molecule is CC(CCO)NS(=O)(=O)NCC(F)(F)F. The van der Waals surface area contributed by atoms with Crippen LogP contribution in [0.1, 0.15) is 13.3 Å². The van der Waals surface area contributed by atoms with Crippen LogP contribution < -0.4 is 9.44 Å². The van der Waals surface area contributed by atoms with E-state index in [2.05, 4.69) is 0 Å². The van der Waals surface area contributed by atoms with Gasteiger partial charge in [0.05, 0.1) is 0 Å². The normalized spacial score (nSPS) is 15.3. The fourth-order valence-electron chi connectivity index (χ4n) is 0.736.